The van der Waals surface area contributed by atoms with Crippen molar-refractivity contribution in [3.63, 3.8) is 0 Å². The highest BCUT2D eigenvalue weighted by Gasteiger charge is 2.35. The highest BCUT2D eigenvalue weighted by atomic mass is 19.3. The molecule has 1 amide bonds. The lowest BCUT2D eigenvalue weighted by atomic mass is 10.3. The minimum atomic E-state index is -3.47. The Labute approximate surface area is 81.8 Å². The maximum absolute atomic E-state index is 12.6. The molecule has 0 aliphatic carbocycles. The van der Waals surface area contributed by atoms with Gasteiger partial charge in [0.25, 0.3) is 5.91 Å². The summed E-state index contributed by atoms with van der Waals surface area (Å²) in [4.78, 5) is 10.2. The van der Waals surface area contributed by atoms with Crippen LogP contribution in [0.15, 0.2) is 0 Å². The van der Waals surface area contributed by atoms with Crippen LogP contribution in [0.1, 0.15) is 13.3 Å². The summed E-state index contributed by atoms with van der Waals surface area (Å²) in [5, 5.41) is 2.44. The first kappa shape index (κ1) is 13.2. The van der Waals surface area contributed by atoms with E-state index >= 15 is 0 Å². The van der Waals surface area contributed by atoms with Crippen molar-refractivity contribution in [2.45, 2.75) is 19.3 Å². The summed E-state index contributed by atoms with van der Waals surface area (Å²) in [5.74, 6) is -5.07. The first-order valence-corrected chi connectivity index (χ1v) is 4.47. The van der Waals surface area contributed by atoms with E-state index in [9.17, 15) is 13.6 Å². The molecule has 84 valence electrons. The number of amides is 1. The van der Waals surface area contributed by atoms with Crippen LogP contribution in [0, 0.1) is 0 Å². The molecule has 0 unspecified atom stereocenters. The second-order valence-electron chi connectivity index (χ2n) is 2.80. The Balaban J connectivity index is 3.40. The lowest BCUT2D eigenvalue weighted by molar-refractivity contribution is -0.141. The summed E-state index contributed by atoms with van der Waals surface area (Å²) in [6.07, 6.45) is 0.628. The monoisotopic (exact) mass is 210 g/mol. The van der Waals surface area contributed by atoms with Crippen molar-refractivity contribution < 1.29 is 18.3 Å². The molecule has 0 aliphatic rings. The van der Waals surface area contributed by atoms with Gasteiger partial charge in [0, 0.05) is 13.2 Å². The Kier molecular flexibility index (Phi) is 6.31. The SMILES string of the molecule is CCOCCCNCC(F)(F)C(N)=O. The van der Waals surface area contributed by atoms with Crippen LogP contribution in [0.2, 0.25) is 0 Å². The molecule has 0 aliphatic heterocycles. The van der Waals surface area contributed by atoms with Crippen molar-refractivity contribution in [2.24, 2.45) is 5.73 Å². The molecule has 4 nitrogen and oxygen atoms in total. The van der Waals surface area contributed by atoms with Gasteiger partial charge < -0.3 is 15.8 Å². The quantitative estimate of drug-likeness (QED) is 0.559. The molecule has 0 aromatic carbocycles. The van der Waals surface area contributed by atoms with Gasteiger partial charge in [0.2, 0.25) is 0 Å². The molecule has 14 heavy (non-hydrogen) atoms. The summed E-state index contributed by atoms with van der Waals surface area (Å²) >= 11 is 0. The van der Waals surface area contributed by atoms with Gasteiger partial charge in [-0.05, 0) is 19.9 Å². The Morgan fingerprint density at radius 1 is 1.57 bits per heavy atom. The number of hydrogen-bond acceptors (Lipinski definition) is 3. The average Bonchev–Trinajstić information content (AvgIpc) is 2.10. The number of primary amides is 1. The zero-order valence-corrected chi connectivity index (χ0v) is 8.19. The van der Waals surface area contributed by atoms with Gasteiger partial charge in [-0.15, -0.1) is 0 Å². The predicted octanol–water partition coefficient (Wildman–Crippen LogP) is 0.123. The second kappa shape index (κ2) is 6.67. The Morgan fingerprint density at radius 3 is 2.71 bits per heavy atom. The Morgan fingerprint density at radius 2 is 2.21 bits per heavy atom. The van der Waals surface area contributed by atoms with E-state index < -0.39 is 18.4 Å². The van der Waals surface area contributed by atoms with Crippen molar-refractivity contribution in [1.82, 2.24) is 5.32 Å². The van der Waals surface area contributed by atoms with Gasteiger partial charge in [0.15, 0.2) is 0 Å². The van der Waals surface area contributed by atoms with Crippen LogP contribution in [-0.2, 0) is 9.53 Å². The average molecular weight is 210 g/mol. The fourth-order valence-corrected chi connectivity index (χ4v) is 0.776. The maximum Gasteiger partial charge on any atom is 0.336 e. The van der Waals surface area contributed by atoms with E-state index in [0.29, 0.717) is 26.2 Å². The van der Waals surface area contributed by atoms with Gasteiger partial charge in [-0.1, -0.05) is 0 Å². The van der Waals surface area contributed by atoms with Gasteiger partial charge >= 0.3 is 5.92 Å². The van der Waals surface area contributed by atoms with Gasteiger partial charge in [0.05, 0.1) is 6.54 Å². The summed E-state index contributed by atoms with van der Waals surface area (Å²) < 4.78 is 30.1. The molecule has 0 aromatic heterocycles. The van der Waals surface area contributed by atoms with Crippen molar-refractivity contribution in [3.05, 3.63) is 0 Å². The smallest absolute Gasteiger partial charge is 0.336 e. The molecule has 0 atom stereocenters. The second-order valence-corrected chi connectivity index (χ2v) is 2.80. The topological polar surface area (TPSA) is 64.3 Å². The number of nitrogens with one attached hydrogen (secondary N) is 1. The molecular weight excluding hydrogens is 194 g/mol. The van der Waals surface area contributed by atoms with Crippen LogP contribution in [0.5, 0.6) is 0 Å². The van der Waals surface area contributed by atoms with E-state index in [1.165, 1.54) is 0 Å². The standard InChI is InChI=1S/C8H16F2N2O2/c1-2-14-5-3-4-12-6-8(9,10)7(11)13/h12H,2-6H2,1H3,(H2,11,13). The first-order chi connectivity index (χ1) is 6.50. The molecule has 0 saturated carbocycles. The van der Waals surface area contributed by atoms with Gasteiger partial charge in [-0.2, -0.15) is 8.78 Å². The number of carbonyl (C=O) groups is 1. The Hall–Kier alpha value is -0.750. The van der Waals surface area contributed by atoms with Crippen LogP contribution < -0.4 is 11.1 Å². The summed E-state index contributed by atoms with van der Waals surface area (Å²) in [6, 6.07) is 0. The van der Waals surface area contributed by atoms with Gasteiger partial charge in [-0.3, -0.25) is 4.79 Å². The van der Waals surface area contributed by atoms with Crippen molar-refractivity contribution in [2.75, 3.05) is 26.3 Å². The molecule has 0 rings (SSSR count). The van der Waals surface area contributed by atoms with Crippen LogP contribution in [0.25, 0.3) is 0 Å². The number of nitrogens with two attached hydrogens (primary N) is 1. The third-order valence-corrected chi connectivity index (χ3v) is 1.55. The normalized spacial score (nSPS) is 11.6. The fourth-order valence-electron chi connectivity index (χ4n) is 0.776. The van der Waals surface area contributed by atoms with E-state index in [4.69, 9.17) is 4.74 Å². The van der Waals surface area contributed by atoms with Crippen molar-refractivity contribution >= 4 is 5.91 Å². The largest absolute Gasteiger partial charge is 0.382 e. The van der Waals surface area contributed by atoms with E-state index in [1.54, 1.807) is 0 Å². The third-order valence-electron chi connectivity index (χ3n) is 1.55. The molecule has 0 aromatic rings. The van der Waals surface area contributed by atoms with E-state index in [1.807, 2.05) is 6.92 Å². The fraction of sp³-hybridized carbons (Fsp3) is 0.875. The van der Waals surface area contributed by atoms with Crippen LogP contribution in [0.3, 0.4) is 0 Å². The number of ether oxygens (including phenoxy) is 1. The summed E-state index contributed by atoms with van der Waals surface area (Å²) in [7, 11) is 0. The molecule has 3 N–H and O–H groups in total. The van der Waals surface area contributed by atoms with Crippen molar-refractivity contribution in [1.29, 1.82) is 0 Å². The zero-order chi connectivity index (χ0) is 11.0. The van der Waals surface area contributed by atoms with Gasteiger partial charge in [-0.25, -0.2) is 0 Å². The third kappa shape index (κ3) is 5.82. The number of carbonyl (C=O) groups excluding carboxylic acids is 1. The van der Waals surface area contributed by atoms with E-state index in [0.717, 1.165) is 0 Å². The molecule has 0 fully saturated rings. The number of halogens is 2. The highest BCUT2D eigenvalue weighted by Crippen LogP contribution is 2.09. The highest BCUT2D eigenvalue weighted by molar-refractivity contribution is 5.81. The Bertz CT molecular complexity index is 177. The molecule has 0 bridgehead atoms. The van der Waals surface area contributed by atoms with Gasteiger partial charge in [0.1, 0.15) is 0 Å². The maximum atomic E-state index is 12.6. The number of rotatable bonds is 8. The predicted molar refractivity (Wildman–Crippen MR) is 48.1 cm³/mol. The van der Waals surface area contributed by atoms with E-state index in [-0.39, 0.29) is 0 Å². The minimum Gasteiger partial charge on any atom is -0.382 e. The summed E-state index contributed by atoms with van der Waals surface area (Å²) in [5.41, 5.74) is 4.48. The molecule has 0 radical (unpaired) electrons. The number of hydrogen-bond donors (Lipinski definition) is 2. The number of alkyl halides is 2. The minimum absolute atomic E-state index is 0.378. The molecule has 0 heterocycles. The van der Waals surface area contributed by atoms with Crippen LogP contribution in [-0.4, -0.2) is 38.1 Å². The molecule has 6 heteroatoms. The lowest BCUT2D eigenvalue weighted by Gasteiger charge is -2.12. The zero-order valence-electron chi connectivity index (χ0n) is 8.19. The molecule has 0 saturated heterocycles. The van der Waals surface area contributed by atoms with Crippen LogP contribution in [0.4, 0.5) is 8.78 Å². The van der Waals surface area contributed by atoms with Crippen LogP contribution >= 0.6 is 0 Å². The molecular formula is C8H16F2N2O2. The summed E-state index contributed by atoms with van der Waals surface area (Å²) in [6.45, 7) is 2.65. The van der Waals surface area contributed by atoms with Crippen molar-refractivity contribution in [3.8, 4) is 0 Å². The molecule has 0 spiro atoms. The lowest BCUT2D eigenvalue weighted by Crippen LogP contribution is -2.44. The van der Waals surface area contributed by atoms with E-state index in [2.05, 4.69) is 11.1 Å². The first-order valence-electron chi connectivity index (χ1n) is 4.47.